The first-order chi connectivity index (χ1) is 9.54. The van der Waals surface area contributed by atoms with Crippen molar-refractivity contribution in [1.29, 1.82) is 0 Å². The average molecular weight is 297 g/mol. The number of carbonyl (C=O) groups excluding carboxylic acids is 2. The number of carbonyl (C=O) groups is 2. The minimum absolute atomic E-state index is 0.146. The molecule has 1 aromatic carbocycles. The van der Waals surface area contributed by atoms with Gasteiger partial charge in [-0.1, -0.05) is 23.7 Å². The Labute approximate surface area is 122 Å². The number of benzene rings is 1. The Bertz CT molecular complexity index is 500. The van der Waals surface area contributed by atoms with Crippen LogP contribution < -0.4 is 22.1 Å². The van der Waals surface area contributed by atoms with Gasteiger partial charge in [-0.05, 0) is 17.7 Å². The van der Waals surface area contributed by atoms with E-state index in [1.807, 2.05) is 12.1 Å². The van der Waals surface area contributed by atoms with E-state index in [-0.39, 0.29) is 18.7 Å². The summed E-state index contributed by atoms with van der Waals surface area (Å²) in [6.45, 7) is 1.01. The number of rotatable bonds is 7. The molecule has 0 saturated carbocycles. The Morgan fingerprint density at radius 3 is 2.45 bits per heavy atom. The maximum absolute atomic E-state index is 11.6. The normalized spacial score (nSPS) is 11.0. The Kier molecular flexibility index (Phi) is 6.55. The van der Waals surface area contributed by atoms with Crippen molar-refractivity contribution in [3.63, 3.8) is 0 Å². The van der Waals surface area contributed by atoms with Gasteiger partial charge in [0, 0.05) is 30.9 Å². The van der Waals surface area contributed by atoms with E-state index in [0.29, 0.717) is 11.6 Å². The van der Waals surface area contributed by atoms with Crippen LogP contribution in [0.3, 0.4) is 0 Å². The van der Waals surface area contributed by atoms with Crippen LogP contribution in [0.25, 0.3) is 0 Å². The van der Waals surface area contributed by atoms with E-state index < -0.39 is 11.8 Å². The van der Waals surface area contributed by atoms with E-state index in [1.165, 1.54) is 6.20 Å². The number of halogens is 1. The molecule has 108 valence electrons. The van der Waals surface area contributed by atoms with Gasteiger partial charge in [-0.15, -0.1) is 0 Å². The molecule has 0 aliphatic heterocycles. The number of hydrogen-bond acceptors (Lipinski definition) is 4. The second kappa shape index (κ2) is 8.19. The van der Waals surface area contributed by atoms with Crippen LogP contribution in [0.2, 0.25) is 5.02 Å². The molecule has 0 radical (unpaired) electrons. The zero-order valence-electron chi connectivity index (χ0n) is 10.9. The molecule has 2 amide bonds. The van der Waals surface area contributed by atoms with Crippen molar-refractivity contribution in [3.05, 3.63) is 46.6 Å². The standard InChI is InChI=1S/C13H17ClN4O2/c14-10-3-1-9(2-4-10)7-17-8-11(12(16)19)13(20)18-6-5-15/h1-4,8,17H,5-7,15H2,(H2,16,19)(H,18,20)/b11-8+. The highest BCUT2D eigenvalue weighted by Gasteiger charge is 2.14. The van der Waals surface area contributed by atoms with Crippen LogP contribution in [0, 0.1) is 0 Å². The largest absolute Gasteiger partial charge is 0.386 e. The van der Waals surface area contributed by atoms with E-state index in [4.69, 9.17) is 23.1 Å². The first-order valence-electron chi connectivity index (χ1n) is 6.00. The Balaban J connectivity index is 2.61. The summed E-state index contributed by atoms with van der Waals surface area (Å²) in [5.74, 6) is -1.35. The van der Waals surface area contributed by atoms with Gasteiger partial charge in [-0.25, -0.2) is 0 Å². The highest BCUT2D eigenvalue weighted by atomic mass is 35.5. The zero-order valence-corrected chi connectivity index (χ0v) is 11.6. The van der Waals surface area contributed by atoms with Gasteiger partial charge in [-0.3, -0.25) is 9.59 Å². The third-order valence-electron chi connectivity index (χ3n) is 2.41. The Morgan fingerprint density at radius 1 is 1.25 bits per heavy atom. The van der Waals surface area contributed by atoms with Gasteiger partial charge in [-0.2, -0.15) is 0 Å². The van der Waals surface area contributed by atoms with Gasteiger partial charge < -0.3 is 22.1 Å². The zero-order chi connectivity index (χ0) is 15.0. The smallest absolute Gasteiger partial charge is 0.258 e. The molecule has 0 aliphatic carbocycles. The molecular formula is C13H17ClN4O2. The van der Waals surface area contributed by atoms with Gasteiger partial charge in [0.15, 0.2) is 0 Å². The molecule has 20 heavy (non-hydrogen) atoms. The molecule has 6 nitrogen and oxygen atoms in total. The van der Waals surface area contributed by atoms with E-state index >= 15 is 0 Å². The lowest BCUT2D eigenvalue weighted by Gasteiger charge is -2.06. The summed E-state index contributed by atoms with van der Waals surface area (Å²) >= 11 is 5.77. The summed E-state index contributed by atoms with van der Waals surface area (Å²) < 4.78 is 0. The van der Waals surface area contributed by atoms with Crippen LogP contribution in [0.4, 0.5) is 0 Å². The minimum Gasteiger partial charge on any atom is -0.386 e. The highest BCUT2D eigenvalue weighted by molar-refractivity contribution is 6.30. The summed E-state index contributed by atoms with van der Waals surface area (Å²) in [5, 5.41) is 5.98. The molecule has 0 heterocycles. The van der Waals surface area contributed by atoms with Crippen molar-refractivity contribution < 1.29 is 9.59 Å². The van der Waals surface area contributed by atoms with Crippen LogP contribution in [0.15, 0.2) is 36.0 Å². The molecule has 0 atom stereocenters. The fraction of sp³-hybridized carbons (Fsp3) is 0.231. The maximum atomic E-state index is 11.6. The molecule has 7 heteroatoms. The van der Waals surface area contributed by atoms with Gasteiger partial charge in [0.2, 0.25) is 0 Å². The minimum atomic E-state index is -0.803. The molecule has 0 saturated heterocycles. The van der Waals surface area contributed by atoms with Gasteiger partial charge in [0.1, 0.15) is 5.57 Å². The molecule has 0 fully saturated rings. The molecule has 0 spiro atoms. The van der Waals surface area contributed by atoms with Crippen LogP contribution in [0.1, 0.15) is 5.56 Å². The SMILES string of the molecule is NCCNC(=O)/C(=C/NCc1ccc(Cl)cc1)C(N)=O. The van der Waals surface area contributed by atoms with Crippen molar-refractivity contribution in [2.45, 2.75) is 6.54 Å². The van der Waals surface area contributed by atoms with Gasteiger partial charge >= 0.3 is 0 Å². The Hall–Kier alpha value is -2.05. The number of hydrogen-bond donors (Lipinski definition) is 4. The second-order valence-corrected chi connectivity index (χ2v) is 4.41. The lowest BCUT2D eigenvalue weighted by Crippen LogP contribution is -2.35. The number of nitrogens with one attached hydrogen (secondary N) is 2. The predicted molar refractivity (Wildman–Crippen MR) is 77.6 cm³/mol. The van der Waals surface area contributed by atoms with E-state index in [0.717, 1.165) is 5.56 Å². The van der Waals surface area contributed by atoms with Crippen LogP contribution in [-0.4, -0.2) is 24.9 Å². The lowest BCUT2D eigenvalue weighted by molar-refractivity contribution is -0.122. The first kappa shape index (κ1) is 16.0. The Morgan fingerprint density at radius 2 is 1.90 bits per heavy atom. The fourth-order valence-electron chi connectivity index (χ4n) is 1.40. The van der Waals surface area contributed by atoms with E-state index in [9.17, 15) is 9.59 Å². The van der Waals surface area contributed by atoms with E-state index in [2.05, 4.69) is 10.6 Å². The molecule has 1 aromatic rings. The highest BCUT2D eigenvalue weighted by Crippen LogP contribution is 2.09. The average Bonchev–Trinajstić information content (AvgIpc) is 2.42. The monoisotopic (exact) mass is 296 g/mol. The fourth-order valence-corrected chi connectivity index (χ4v) is 1.53. The van der Waals surface area contributed by atoms with Crippen molar-refractivity contribution in [2.75, 3.05) is 13.1 Å². The van der Waals surface area contributed by atoms with Crippen molar-refractivity contribution in [3.8, 4) is 0 Å². The summed E-state index contributed by atoms with van der Waals surface area (Å²) in [5.41, 5.74) is 11.2. The number of amides is 2. The number of primary amides is 1. The number of nitrogens with two attached hydrogens (primary N) is 2. The van der Waals surface area contributed by atoms with Crippen molar-refractivity contribution in [1.82, 2.24) is 10.6 Å². The molecule has 0 unspecified atom stereocenters. The van der Waals surface area contributed by atoms with Crippen molar-refractivity contribution >= 4 is 23.4 Å². The lowest BCUT2D eigenvalue weighted by atomic mass is 10.2. The van der Waals surface area contributed by atoms with Crippen LogP contribution in [0.5, 0.6) is 0 Å². The molecule has 0 bridgehead atoms. The molecular weight excluding hydrogens is 280 g/mol. The van der Waals surface area contributed by atoms with Crippen LogP contribution in [-0.2, 0) is 16.1 Å². The van der Waals surface area contributed by atoms with Gasteiger partial charge in [0.05, 0.1) is 0 Å². The summed E-state index contributed by atoms with van der Waals surface area (Å²) in [6, 6.07) is 7.18. The summed E-state index contributed by atoms with van der Waals surface area (Å²) in [6.07, 6.45) is 1.29. The third-order valence-corrected chi connectivity index (χ3v) is 2.66. The van der Waals surface area contributed by atoms with Gasteiger partial charge in [0.25, 0.3) is 11.8 Å². The molecule has 6 N–H and O–H groups in total. The molecule has 0 aliphatic rings. The van der Waals surface area contributed by atoms with Crippen LogP contribution >= 0.6 is 11.6 Å². The molecule has 1 rings (SSSR count). The summed E-state index contributed by atoms with van der Waals surface area (Å²) in [7, 11) is 0. The second-order valence-electron chi connectivity index (χ2n) is 3.97. The van der Waals surface area contributed by atoms with Crippen molar-refractivity contribution in [2.24, 2.45) is 11.5 Å². The summed E-state index contributed by atoms with van der Waals surface area (Å²) in [4.78, 5) is 22.8. The topological polar surface area (TPSA) is 110 Å². The third kappa shape index (κ3) is 5.29. The first-order valence-corrected chi connectivity index (χ1v) is 6.38. The molecule has 0 aromatic heterocycles. The predicted octanol–water partition coefficient (Wildman–Crippen LogP) is -0.126. The maximum Gasteiger partial charge on any atom is 0.258 e. The van der Waals surface area contributed by atoms with E-state index in [1.54, 1.807) is 12.1 Å². The quantitative estimate of drug-likeness (QED) is 0.319.